The molecule has 0 aromatic rings. The Morgan fingerprint density at radius 1 is 1.45 bits per heavy atom. The molecule has 5 heteroatoms. The van der Waals surface area contributed by atoms with Crippen LogP contribution in [0.3, 0.4) is 0 Å². The largest absolute Gasteiger partial charge is 0.415 e. The van der Waals surface area contributed by atoms with Crippen molar-refractivity contribution in [2.45, 2.75) is 25.2 Å². The Kier molecular flexibility index (Phi) is 2.39. The van der Waals surface area contributed by atoms with Gasteiger partial charge in [-0.15, -0.1) is 0 Å². The fourth-order valence-electron chi connectivity index (χ4n) is 0.897. The smallest absolute Gasteiger partial charge is 0.366 e. The zero-order chi connectivity index (χ0) is 8.48. The van der Waals surface area contributed by atoms with E-state index in [1.165, 1.54) is 0 Å². The summed E-state index contributed by atoms with van der Waals surface area (Å²) < 4.78 is 40.3. The first-order valence-corrected chi connectivity index (χ1v) is 3.42. The number of rotatable bonds is 0. The molecule has 0 spiro atoms. The molecule has 66 valence electrons. The zero-order valence-corrected chi connectivity index (χ0v) is 6.11. The van der Waals surface area contributed by atoms with Crippen molar-refractivity contribution < 1.29 is 17.9 Å². The van der Waals surface area contributed by atoms with Crippen LogP contribution in [0.1, 0.15) is 6.92 Å². The van der Waals surface area contributed by atoms with E-state index in [1.54, 1.807) is 6.92 Å². The molecule has 1 rings (SSSR count). The fraction of sp³-hybridized carbons (Fsp3) is 1.00. The number of halogens is 3. The molecule has 11 heavy (non-hydrogen) atoms. The van der Waals surface area contributed by atoms with Crippen molar-refractivity contribution in [3.63, 3.8) is 0 Å². The Hall–Kier alpha value is -0.290. The molecule has 0 aliphatic carbocycles. The molecular weight excluding hydrogens is 159 g/mol. The third kappa shape index (κ3) is 2.34. The van der Waals surface area contributed by atoms with Crippen LogP contribution in [0.5, 0.6) is 0 Å². The van der Waals surface area contributed by atoms with E-state index in [0.29, 0.717) is 0 Å². The predicted octanol–water partition coefficient (Wildman–Crippen LogP) is 0.926. The van der Waals surface area contributed by atoms with Crippen LogP contribution in [0.4, 0.5) is 13.2 Å². The normalized spacial score (nSPS) is 33.8. The van der Waals surface area contributed by atoms with Crippen LogP contribution in [0.2, 0.25) is 0 Å². The van der Waals surface area contributed by atoms with Crippen LogP contribution in [0, 0.1) is 0 Å². The van der Waals surface area contributed by atoms with Crippen molar-refractivity contribution in [3.05, 3.63) is 0 Å². The SMILES string of the molecule is C[C@@H]1CO[C@H](C(F)(F)F)CN1. The summed E-state index contributed by atoms with van der Waals surface area (Å²) in [6, 6.07) is 0.0219. The molecule has 0 aromatic carbocycles. The summed E-state index contributed by atoms with van der Waals surface area (Å²) in [6.45, 7) is 1.78. The van der Waals surface area contributed by atoms with Crippen LogP contribution in [-0.4, -0.2) is 31.5 Å². The minimum atomic E-state index is -4.23. The van der Waals surface area contributed by atoms with E-state index in [9.17, 15) is 13.2 Å². The minimum absolute atomic E-state index is 0.0219. The van der Waals surface area contributed by atoms with Gasteiger partial charge in [0.05, 0.1) is 6.61 Å². The van der Waals surface area contributed by atoms with Gasteiger partial charge in [-0.05, 0) is 6.92 Å². The summed E-state index contributed by atoms with van der Waals surface area (Å²) in [5, 5.41) is 2.69. The second-order valence-corrected chi connectivity index (χ2v) is 2.67. The van der Waals surface area contributed by atoms with Gasteiger partial charge in [0.15, 0.2) is 6.10 Å². The van der Waals surface area contributed by atoms with Crippen molar-refractivity contribution in [1.29, 1.82) is 0 Å². The fourth-order valence-corrected chi connectivity index (χ4v) is 0.897. The molecule has 1 fully saturated rings. The molecule has 1 heterocycles. The molecule has 0 bridgehead atoms. The van der Waals surface area contributed by atoms with E-state index in [-0.39, 0.29) is 19.2 Å². The third-order valence-corrected chi connectivity index (χ3v) is 1.56. The molecular formula is C6H10F3NO. The molecule has 1 aliphatic heterocycles. The first-order chi connectivity index (χ1) is 5.00. The Bertz CT molecular complexity index is 128. The summed E-state index contributed by atoms with van der Waals surface area (Å²) >= 11 is 0. The highest BCUT2D eigenvalue weighted by molar-refractivity contribution is 4.77. The lowest BCUT2D eigenvalue weighted by Gasteiger charge is -2.29. The van der Waals surface area contributed by atoms with Gasteiger partial charge in [0.2, 0.25) is 0 Å². The maximum atomic E-state index is 11.9. The molecule has 0 saturated carbocycles. The lowest BCUT2D eigenvalue weighted by Crippen LogP contribution is -2.50. The highest BCUT2D eigenvalue weighted by Crippen LogP contribution is 2.23. The number of ether oxygens (including phenoxy) is 1. The molecule has 1 aliphatic rings. The standard InChI is InChI=1S/C6H10F3NO/c1-4-3-11-5(2-10-4)6(7,8)9/h4-5,10H,2-3H2,1H3/t4-,5+/m1/s1. The van der Waals surface area contributed by atoms with E-state index in [4.69, 9.17) is 0 Å². The number of hydrogen-bond acceptors (Lipinski definition) is 2. The summed E-state index contributed by atoms with van der Waals surface area (Å²) in [7, 11) is 0. The molecule has 1 N–H and O–H groups in total. The van der Waals surface area contributed by atoms with Crippen molar-refractivity contribution >= 4 is 0 Å². The van der Waals surface area contributed by atoms with Gasteiger partial charge in [0.1, 0.15) is 0 Å². The number of morpholine rings is 1. The molecule has 0 aromatic heterocycles. The monoisotopic (exact) mass is 169 g/mol. The average Bonchev–Trinajstić information content (AvgIpc) is 1.86. The first kappa shape index (κ1) is 8.80. The van der Waals surface area contributed by atoms with E-state index < -0.39 is 12.3 Å². The first-order valence-electron chi connectivity index (χ1n) is 3.42. The summed E-state index contributed by atoms with van der Waals surface area (Å²) in [5.74, 6) is 0. The minimum Gasteiger partial charge on any atom is -0.366 e. The second kappa shape index (κ2) is 2.98. The number of hydrogen-bond donors (Lipinski definition) is 1. The van der Waals surface area contributed by atoms with E-state index in [1.807, 2.05) is 0 Å². The van der Waals surface area contributed by atoms with Gasteiger partial charge in [0.25, 0.3) is 0 Å². The highest BCUT2D eigenvalue weighted by Gasteiger charge is 2.42. The Labute approximate surface area is 62.7 Å². The average molecular weight is 169 g/mol. The van der Waals surface area contributed by atoms with Crippen LogP contribution in [-0.2, 0) is 4.74 Å². The van der Waals surface area contributed by atoms with Crippen molar-refractivity contribution in [2.75, 3.05) is 13.2 Å². The van der Waals surface area contributed by atoms with Crippen LogP contribution >= 0.6 is 0 Å². The lowest BCUT2D eigenvalue weighted by molar-refractivity contribution is -0.228. The Morgan fingerprint density at radius 3 is 2.45 bits per heavy atom. The lowest BCUT2D eigenvalue weighted by atomic mass is 10.2. The van der Waals surface area contributed by atoms with Gasteiger partial charge < -0.3 is 10.1 Å². The van der Waals surface area contributed by atoms with Gasteiger partial charge in [-0.25, -0.2) is 0 Å². The van der Waals surface area contributed by atoms with Gasteiger partial charge in [-0.3, -0.25) is 0 Å². The summed E-state index contributed by atoms with van der Waals surface area (Å²) in [5.41, 5.74) is 0. The molecule has 0 unspecified atom stereocenters. The Morgan fingerprint density at radius 2 is 2.09 bits per heavy atom. The topological polar surface area (TPSA) is 21.3 Å². The summed E-state index contributed by atoms with van der Waals surface area (Å²) in [4.78, 5) is 0. The van der Waals surface area contributed by atoms with Gasteiger partial charge in [-0.2, -0.15) is 13.2 Å². The quantitative estimate of drug-likeness (QED) is 0.582. The van der Waals surface area contributed by atoms with Crippen molar-refractivity contribution in [2.24, 2.45) is 0 Å². The molecule has 0 amide bonds. The number of alkyl halides is 3. The maximum Gasteiger partial charge on any atom is 0.415 e. The maximum absolute atomic E-state index is 11.9. The third-order valence-electron chi connectivity index (χ3n) is 1.56. The van der Waals surface area contributed by atoms with Crippen LogP contribution in [0.25, 0.3) is 0 Å². The van der Waals surface area contributed by atoms with Crippen molar-refractivity contribution in [3.8, 4) is 0 Å². The van der Waals surface area contributed by atoms with E-state index in [0.717, 1.165) is 0 Å². The predicted molar refractivity (Wildman–Crippen MR) is 33.3 cm³/mol. The Balaban J connectivity index is 2.39. The molecule has 0 radical (unpaired) electrons. The van der Waals surface area contributed by atoms with Crippen LogP contribution in [0.15, 0.2) is 0 Å². The molecule has 2 atom stereocenters. The molecule has 2 nitrogen and oxygen atoms in total. The van der Waals surface area contributed by atoms with Gasteiger partial charge in [0, 0.05) is 12.6 Å². The molecule has 1 saturated heterocycles. The number of nitrogens with one attached hydrogen (secondary N) is 1. The van der Waals surface area contributed by atoms with Gasteiger partial charge >= 0.3 is 6.18 Å². The van der Waals surface area contributed by atoms with Crippen molar-refractivity contribution in [1.82, 2.24) is 5.32 Å². The summed E-state index contributed by atoms with van der Waals surface area (Å²) in [6.07, 6.45) is -5.86. The van der Waals surface area contributed by atoms with Gasteiger partial charge in [-0.1, -0.05) is 0 Å². The van der Waals surface area contributed by atoms with E-state index in [2.05, 4.69) is 10.1 Å². The second-order valence-electron chi connectivity index (χ2n) is 2.67. The zero-order valence-electron chi connectivity index (χ0n) is 6.11. The highest BCUT2D eigenvalue weighted by atomic mass is 19.4. The van der Waals surface area contributed by atoms with E-state index >= 15 is 0 Å². The van der Waals surface area contributed by atoms with Crippen LogP contribution < -0.4 is 5.32 Å².